The van der Waals surface area contributed by atoms with E-state index in [9.17, 15) is 14.7 Å². The molecule has 0 atom stereocenters. The number of benzene rings is 1. The molecule has 5 nitrogen and oxygen atoms in total. The zero-order valence-electron chi connectivity index (χ0n) is 13.1. The summed E-state index contributed by atoms with van der Waals surface area (Å²) in [6.07, 6.45) is 2.83. The predicted molar refractivity (Wildman–Crippen MR) is 82.8 cm³/mol. The molecule has 0 radical (unpaired) electrons. The molecule has 0 saturated heterocycles. The Balaban J connectivity index is 2.00. The summed E-state index contributed by atoms with van der Waals surface area (Å²) in [5.41, 5.74) is -0.265. The molecule has 1 saturated carbocycles. The van der Waals surface area contributed by atoms with Crippen molar-refractivity contribution in [2.75, 3.05) is 7.11 Å². The van der Waals surface area contributed by atoms with Gasteiger partial charge in [0, 0.05) is 0 Å². The molecule has 0 unspecified atom stereocenters. The van der Waals surface area contributed by atoms with Crippen molar-refractivity contribution in [3.63, 3.8) is 0 Å². The van der Waals surface area contributed by atoms with Gasteiger partial charge in [-0.2, -0.15) is 0 Å². The first-order chi connectivity index (χ1) is 10.4. The minimum atomic E-state index is -1.10. The number of hydrogen-bond acceptors (Lipinski definition) is 3. The van der Waals surface area contributed by atoms with E-state index in [2.05, 4.69) is 12.2 Å². The highest BCUT2D eigenvalue weighted by Crippen LogP contribution is 2.32. The van der Waals surface area contributed by atoms with Gasteiger partial charge in [0.15, 0.2) is 0 Å². The van der Waals surface area contributed by atoms with E-state index in [1.54, 1.807) is 19.2 Å². The van der Waals surface area contributed by atoms with E-state index in [1.165, 1.54) is 0 Å². The van der Waals surface area contributed by atoms with Gasteiger partial charge in [-0.05, 0) is 49.3 Å². The number of methoxy groups -OCH3 is 1. The molecular weight excluding hydrogens is 282 g/mol. The van der Waals surface area contributed by atoms with Crippen molar-refractivity contribution < 1.29 is 19.4 Å². The molecule has 1 amide bonds. The number of carboxylic acid groups (broad SMARTS) is 1. The predicted octanol–water partition coefficient (Wildman–Crippen LogP) is 2.39. The highest BCUT2D eigenvalue weighted by molar-refractivity contribution is 5.88. The molecule has 5 heteroatoms. The molecule has 1 aliphatic carbocycles. The van der Waals surface area contributed by atoms with E-state index in [1.807, 2.05) is 12.1 Å². The number of amides is 1. The second-order valence-corrected chi connectivity index (χ2v) is 6.14. The van der Waals surface area contributed by atoms with Crippen LogP contribution in [0.4, 0.5) is 0 Å². The molecule has 2 rings (SSSR count). The van der Waals surface area contributed by atoms with Crippen LogP contribution in [0.1, 0.15) is 38.2 Å². The first-order valence-corrected chi connectivity index (χ1v) is 7.62. The molecule has 1 fully saturated rings. The quantitative estimate of drug-likeness (QED) is 0.876. The Labute approximate surface area is 130 Å². The largest absolute Gasteiger partial charge is 0.497 e. The molecule has 22 heavy (non-hydrogen) atoms. The van der Waals surface area contributed by atoms with Crippen LogP contribution < -0.4 is 10.1 Å². The van der Waals surface area contributed by atoms with Gasteiger partial charge in [0.1, 0.15) is 11.3 Å². The SMILES string of the molecule is COc1ccc(CC(=O)NC2(C(=O)O)CCC(C)CC2)cc1. The minimum Gasteiger partial charge on any atom is -0.497 e. The maximum absolute atomic E-state index is 12.2. The summed E-state index contributed by atoms with van der Waals surface area (Å²) < 4.78 is 5.07. The molecule has 120 valence electrons. The van der Waals surface area contributed by atoms with E-state index in [4.69, 9.17) is 4.74 Å². The third-order valence-electron chi connectivity index (χ3n) is 4.44. The zero-order valence-corrected chi connectivity index (χ0v) is 13.1. The van der Waals surface area contributed by atoms with E-state index in [-0.39, 0.29) is 12.3 Å². The van der Waals surface area contributed by atoms with Gasteiger partial charge in [-0.3, -0.25) is 4.79 Å². The first-order valence-electron chi connectivity index (χ1n) is 7.62. The third-order valence-corrected chi connectivity index (χ3v) is 4.44. The molecule has 0 heterocycles. The molecule has 1 aliphatic rings. The molecule has 0 bridgehead atoms. The maximum Gasteiger partial charge on any atom is 0.329 e. The number of carbonyl (C=O) groups excluding carboxylic acids is 1. The fourth-order valence-electron chi connectivity index (χ4n) is 2.89. The van der Waals surface area contributed by atoms with Gasteiger partial charge < -0.3 is 15.2 Å². The summed E-state index contributed by atoms with van der Waals surface area (Å²) in [5, 5.41) is 12.3. The van der Waals surface area contributed by atoms with Crippen molar-refractivity contribution in [1.29, 1.82) is 0 Å². The monoisotopic (exact) mass is 305 g/mol. The number of nitrogens with one attached hydrogen (secondary N) is 1. The molecular formula is C17H23NO4. The summed E-state index contributed by atoms with van der Waals surface area (Å²) >= 11 is 0. The lowest BCUT2D eigenvalue weighted by Crippen LogP contribution is -2.56. The lowest BCUT2D eigenvalue weighted by atomic mass is 9.77. The standard InChI is InChI=1S/C17H23NO4/c1-12-7-9-17(10-8-12,16(20)21)18-15(19)11-13-3-5-14(22-2)6-4-13/h3-6,12H,7-11H2,1-2H3,(H,18,19)(H,20,21). The van der Waals surface area contributed by atoms with Gasteiger partial charge in [0.25, 0.3) is 0 Å². The number of carbonyl (C=O) groups is 2. The van der Waals surface area contributed by atoms with Crippen molar-refractivity contribution in [3.05, 3.63) is 29.8 Å². The zero-order chi connectivity index (χ0) is 16.2. The van der Waals surface area contributed by atoms with Crippen LogP contribution in [0.15, 0.2) is 24.3 Å². The van der Waals surface area contributed by atoms with Gasteiger partial charge in [-0.15, -0.1) is 0 Å². The second-order valence-electron chi connectivity index (χ2n) is 6.14. The lowest BCUT2D eigenvalue weighted by Gasteiger charge is -2.36. The first kappa shape index (κ1) is 16.3. The van der Waals surface area contributed by atoms with E-state index in [0.717, 1.165) is 24.2 Å². The Bertz CT molecular complexity index is 530. The van der Waals surface area contributed by atoms with Crippen molar-refractivity contribution >= 4 is 11.9 Å². The lowest BCUT2D eigenvalue weighted by molar-refractivity contribution is -0.149. The average molecular weight is 305 g/mol. The number of aliphatic carboxylic acids is 1. The Kier molecular flexibility index (Phi) is 5.06. The number of hydrogen-bond donors (Lipinski definition) is 2. The number of ether oxygens (including phenoxy) is 1. The summed E-state index contributed by atoms with van der Waals surface area (Å²) in [6, 6.07) is 7.21. The number of carboxylic acids is 1. The topological polar surface area (TPSA) is 75.6 Å². The van der Waals surface area contributed by atoms with Crippen molar-refractivity contribution in [3.8, 4) is 5.75 Å². The van der Waals surface area contributed by atoms with Crippen molar-refractivity contribution in [1.82, 2.24) is 5.32 Å². The smallest absolute Gasteiger partial charge is 0.329 e. The Hall–Kier alpha value is -2.04. The fraction of sp³-hybridized carbons (Fsp3) is 0.529. The number of rotatable bonds is 5. The maximum atomic E-state index is 12.2. The van der Waals surface area contributed by atoms with Gasteiger partial charge in [-0.1, -0.05) is 19.1 Å². The normalized spacial score (nSPS) is 24.5. The van der Waals surface area contributed by atoms with E-state index < -0.39 is 11.5 Å². The van der Waals surface area contributed by atoms with Gasteiger partial charge >= 0.3 is 5.97 Å². The Morgan fingerprint density at radius 2 is 1.86 bits per heavy atom. The summed E-state index contributed by atoms with van der Waals surface area (Å²) in [6.45, 7) is 2.12. The van der Waals surface area contributed by atoms with Crippen molar-refractivity contribution in [2.24, 2.45) is 5.92 Å². The van der Waals surface area contributed by atoms with Crippen LogP contribution in [0.5, 0.6) is 5.75 Å². The van der Waals surface area contributed by atoms with Crippen LogP contribution in [0.25, 0.3) is 0 Å². The third kappa shape index (κ3) is 3.78. The van der Waals surface area contributed by atoms with Gasteiger partial charge in [0.05, 0.1) is 13.5 Å². The fourth-order valence-corrected chi connectivity index (χ4v) is 2.89. The van der Waals surface area contributed by atoms with Crippen LogP contribution in [-0.2, 0) is 16.0 Å². The molecule has 2 N–H and O–H groups in total. The van der Waals surface area contributed by atoms with Crippen LogP contribution in [0.2, 0.25) is 0 Å². The van der Waals surface area contributed by atoms with Crippen LogP contribution in [-0.4, -0.2) is 29.6 Å². The Morgan fingerprint density at radius 3 is 2.36 bits per heavy atom. The molecule has 0 spiro atoms. The second kappa shape index (κ2) is 6.81. The van der Waals surface area contributed by atoms with Gasteiger partial charge in [0.2, 0.25) is 5.91 Å². The molecule has 1 aromatic carbocycles. The highest BCUT2D eigenvalue weighted by atomic mass is 16.5. The summed E-state index contributed by atoms with van der Waals surface area (Å²) in [7, 11) is 1.59. The summed E-state index contributed by atoms with van der Waals surface area (Å²) in [5.74, 6) is 0.0722. The van der Waals surface area contributed by atoms with E-state index >= 15 is 0 Å². The Morgan fingerprint density at radius 1 is 1.27 bits per heavy atom. The highest BCUT2D eigenvalue weighted by Gasteiger charge is 2.42. The summed E-state index contributed by atoms with van der Waals surface area (Å²) in [4.78, 5) is 23.8. The van der Waals surface area contributed by atoms with Crippen LogP contribution in [0, 0.1) is 5.92 Å². The molecule has 0 aromatic heterocycles. The molecule has 0 aliphatic heterocycles. The van der Waals surface area contributed by atoms with Crippen molar-refractivity contribution in [2.45, 2.75) is 44.6 Å². The van der Waals surface area contributed by atoms with Crippen LogP contribution in [0.3, 0.4) is 0 Å². The van der Waals surface area contributed by atoms with Gasteiger partial charge in [-0.25, -0.2) is 4.79 Å². The van der Waals surface area contributed by atoms with Crippen LogP contribution >= 0.6 is 0 Å². The minimum absolute atomic E-state index is 0.175. The van der Waals surface area contributed by atoms with E-state index in [0.29, 0.717) is 18.8 Å². The molecule has 1 aromatic rings. The average Bonchev–Trinajstić information content (AvgIpc) is 2.50.